The van der Waals surface area contributed by atoms with Crippen LogP contribution in [0, 0.1) is 18.6 Å². The largest absolute Gasteiger partial charge is 0.465 e. The molecule has 0 amide bonds. The lowest BCUT2D eigenvalue weighted by Crippen LogP contribution is -2.07. The van der Waals surface area contributed by atoms with Gasteiger partial charge in [0.25, 0.3) is 0 Å². The molecule has 0 saturated carbocycles. The highest BCUT2D eigenvalue weighted by atomic mass is 19.2. The van der Waals surface area contributed by atoms with Gasteiger partial charge in [-0.25, -0.2) is 23.5 Å². The molecular formula is C19H16F2N4O2. The number of methoxy groups -OCH3 is 1. The van der Waals surface area contributed by atoms with Crippen molar-refractivity contribution in [1.82, 2.24) is 9.97 Å². The zero-order valence-electron chi connectivity index (χ0n) is 14.6. The predicted molar refractivity (Wildman–Crippen MR) is 97.5 cm³/mol. The molecule has 0 aliphatic heterocycles. The minimum Gasteiger partial charge on any atom is -0.465 e. The first-order valence-electron chi connectivity index (χ1n) is 7.98. The molecule has 0 spiro atoms. The van der Waals surface area contributed by atoms with Crippen molar-refractivity contribution < 1.29 is 18.3 Å². The third-order valence-electron chi connectivity index (χ3n) is 3.63. The van der Waals surface area contributed by atoms with Crippen LogP contribution in [0.15, 0.2) is 48.5 Å². The molecule has 0 aliphatic rings. The standard InChI is InChI=1S/C19H16F2N4O2/c1-11-22-17(24-12-7-8-14(20)15(21)9-12)10-18(23-11)25-16-6-4-3-5-13(16)19(26)27-2/h3-10H,1-2H3,(H2,22,23,24,25). The lowest BCUT2D eigenvalue weighted by atomic mass is 10.2. The number of carbonyl (C=O) groups is 1. The number of aryl methyl sites for hydroxylation is 1. The van der Waals surface area contributed by atoms with Crippen LogP contribution in [0.2, 0.25) is 0 Å². The summed E-state index contributed by atoms with van der Waals surface area (Å²) in [6, 6.07) is 11.9. The van der Waals surface area contributed by atoms with Crippen LogP contribution in [0.4, 0.5) is 31.8 Å². The van der Waals surface area contributed by atoms with Crippen molar-refractivity contribution in [3.05, 3.63) is 71.6 Å². The zero-order chi connectivity index (χ0) is 19.4. The maximum atomic E-state index is 13.4. The lowest BCUT2D eigenvalue weighted by molar-refractivity contribution is 0.0602. The summed E-state index contributed by atoms with van der Waals surface area (Å²) in [5.41, 5.74) is 1.21. The van der Waals surface area contributed by atoms with Crippen molar-refractivity contribution in [2.45, 2.75) is 6.92 Å². The smallest absolute Gasteiger partial charge is 0.339 e. The molecule has 27 heavy (non-hydrogen) atoms. The van der Waals surface area contributed by atoms with Crippen LogP contribution >= 0.6 is 0 Å². The molecule has 0 fully saturated rings. The van der Waals surface area contributed by atoms with E-state index in [1.165, 1.54) is 13.2 Å². The van der Waals surface area contributed by atoms with Crippen molar-refractivity contribution in [3.8, 4) is 0 Å². The average molecular weight is 370 g/mol. The van der Waals surface area contributed by atoms with E-state index >= 15 is 0 Å². The summed E-state index contributed by atoms with van der Waals surface area (Å²) in [7, 11) is 1.30. The first kappa shape index (κ1) is 18.2. The number of nitrogens with zero attached hydrogens (tertiary/aromatic N) is 2. The Balaban J connectivity index is 1.88. The van der Waals surface area contributed by atoms with Crippen molar-refractivity contribution in [3.63, 3.8) is 0 Å². The maximum Gasteiger partial charge on any atom is 0.339 e. The Morgan fingerprint density at radius 2 is 1.67 bits per heavy atom. The Hall–Kier alpha value is -3.55. The molecule has 1 aromatic heterocycles. The fourth-order valence-corrected chi connectivity index (χ4v) is 2.44. The molecule has 0 atom stereocenters. The molecule has 0 bridgehead atoms. The van der Waals surface area contributed by atoms with Gasteiger partial charge in [0.2, 0.25) is 0 Å². The molecule has 0 unspecified atom stereocenters. The molecule has 3 rings (SSSR count). The zero-order valence-corrected chi connectivity index (χ0v) is 14.6. The molecule has 3 aromatic rings. The van der Waals surface area contributed by atoms with Gasteiger partial charge in [0.15, 0.2) is 11.6 Å². The van der Waals surface area contributed by atoms with Gasteiger partial charge in [-0.05, 0) is 31.2 Å². The van der Waals surface area contributed by atoms with Gasteiger partial charge in [-0.15, -0.1) is 0 Å². The van der Waals surface area contributed by atoms with Crippen LogP contribution in [0.1, 0.15) is 16.2 Å². The number of halogens is 2. The predicted octanol–water partition coefficient (Wildman–Crippen LogP) is 4.34. The average Bonchev–Trinajstić information content (AvgIpc) is 2.64. The number of aromatic nitrogens is 2. The third kappa shape index (κ3) is 4.35. The highest BCUT2D eigenvalue weighted by molar-refractivity contribution is 5.96. The third-order valence-corrected chi connectivity index (χ3v) is 3.63. The van der Waals surface area contributed by atoms with E-state index in [4.69, 9.17) is 4.74 Å². The number of esters is 1. The highest BCUT2D eigenvalue weighted by Gasteiger charge is 2.12. The number of para-hydroxylation sites is 1. The summed E-state index contributed by atoms with van der Waals surface area (Å²) >= 11 is 0. The van der Waals surface area contributed by atoms with Gasteiger partial charge in [0.05, 0.1) is 18.4 Å². The summed E-state index contributed by atoms with van der Waals surface area (Å²) in [5, 5.41) is 5.95. The molecule has 2 N–H and O–H groups in total. The van der Waals surface area contributed by atoms with Crippen LogP contribution in [-0.2, 0) is 4.74 Å². The Bertz CT molecular complexity index is 995. The van der Waals surface area contributed by atoms with Crippen molar-refractivity contribution in [2.75, 3.05) is 17.7 Å². The molecule has 0 aliphatic carbocycles. The molecule has 2 aromatic carbocycles. The Morgan fingerprint density at radius 3 is 2.37 bits per heavy atom. The molecule has 0 saturated heterocycles. The van der Waals surface area contributed by atoms with Gasteiger partial charge in [-0.2, -0.15) is 0 Å². The summed E-state index contributed by atoms with van der Waals surface area (Å²) in [5.74, 6) is -1.13. The van der Waals surface area contributed by atoms with Gasteiger partial charge in [0.1, 0.15) is 17.5 Å². The Labute approximate surface area is 154 Å². The lowest BCUT2D eigenvalue weighted by Gasteiger charge is -2.12. The number of nitrogens with one attached hydrogen (secondary N) is 2. The van der Waals surface area contributed by atoms with Crippen LogP contribution < -0.4 is 10.6 Å². The second-order valence-electron chi connectivity index (χ2n) is 5.60. The van der Waals surface area contributed by atoms with Gasteiger partial charge in [-0.1, -0.05) is 12.1 Å². The molecule has 0 radical (unpaired) electrons. The van der Waals surface area contributed by atoms with Crippen LogP contribution in [0.5, 0.6) is 0 Å². The molecule has 6 nitrogen and oxygen atoms in total. The Kier molecular flexibility index (Phi) is 5.25. The fraction of sp³-hybridized carbons (Fsp3) is 0.105. The number of rotatable bonds is 5. The second kappa shape index (κ2) is 7.77. The molecule has 8 heteroatoms. The van der Waals surface area contributed by atoms with E-state index < -0.39 is 17.6 Å². The number of hydrogen-bond donors (Lipinski definition) is 2. The number of hydrogen-bond acceptors (Lipinski definition) is 6. The fourth-order valence-electron chi connectivity index (χ4n) is 2.44. The van der Waals surface area contributed by atoms with Crippen LogP contribution in [0.25, 0.3) is 0 Å². The molecule has 1 heterocycles. The summed E-state index contributed by atoms with van der Waals surface area (Å²) < 4.78 is 31.2. The number of benzene rings is 2. The SMILES string of the molecule is COC(=O)c1ccccc1Nc1cc(Nc2ccc(F)c(F)c2)nc(C)n1. The number of anilines is 4. The minimum absolute atomic E-state index is 0.341. The van der Waals surface area contributed by atoms with E-state index in [-0.39, 0.29) is 0 Å². The first-order chi connectivity index (χ1) is 13.0. The summed E-state index contributed by atoms with van der Waals surface area (Å²) in [6.07, 6.45) is 0. The minimum atomic E-state index is -0.962. The number of carbonyl (C=O) groups excluding carboxylic acids is 1. The van der Waals surface area contributed by atoms with E-state index in [1.807, 2.05) is 0 Å². The summed E-state index contributed by atoms with van der Waals surface area (Å²) in [6.45, 7) is 1.69. The maximum absolute atomic E-state index is 13.4. The van der Waals surface area contributed by atoms with Gasteiger partial charge in [0, 0.05) is 17.8 Å². The van der Waals surface area contributed by atoms with E-state index in [2.05, 4.69) is 20.6 Å². The van der Waals surface area contributed by atoms with Crippen LogP contribution in [-0.4, -0.2) is 23.0 Å². The quantitative estimate of drug-likeness (QED) is 0.651. The van der Waals surface area contributed by atoms with E-state index in [0.717, 1.165) is 12.1 Å². The van der Waals surface area contributed by atoms with Crippen LogP contribution in [0.3, 0.4) is 0 Å². The number of ether oxygens (including phenoxy) is 1. The van der Waals surface area contributed by atoms with Crippen molar-refractivity contribution in [2.24, 2.45) is 0 Å². The normalized spacial score (nSPS) is 10.4. The molecular weight excluding hydrogens is 354 g/mol. The van der Waals surface area contributed by atoms with Gasteiger partial charge in [-0.3, -0.25) is 0 Å². The van der Waals surface area contributed by atoms with E-state index in [1.54, 1.807) is 37.3 Å². The van der Waals surface area contributed by atoms with Crippen molar-refractivity contribution >= 4 is 29.0 Å². The summed E-state index contributed by atoms with van der Waals surface area (Å²) in [4.78, 5) is 20.4. The molecule has 138 valence electrons. The van der Waals surface area contributed by atoms with Gasteiger partial charge >= 0.3 is 5.97 Å². The van der Waals surface area contributed by atoms with E-state index in [0.29, 0.717) is 34.4 Å². The second-order valence-corrected chi connectivity index (χ2v) is 5.60. The Morgan fingerprint density at radius 1 is 0.963 bits per heavy atom. The van der Waals surface area contributed by atoms with E-state index in [9.17, 15) is 13.6 Å². The van der Waals surface area contributed by atoms with Crippen molar-refractivity contribution in [1.29, 1.82) is 0 Å². The monoisotopic (exact) mass is 370 g/mol. The van der Waals surface area contributed by atoms with Gasteiger partial charge < -0.3 is 15.4 Å². The highest BCUT2D eigenvalue weighted by Crippen LogP contribution is 2.24. The topological polar surface area (TPSA) is 76.1 Å². The first-order valence-corrected chi connectivity index (χ1v) is 7.98.